The maximum atomic E-state index is 5.96. The second kappa shape index (κ2) is 4.63. The van der Waals surface area contributed by atoms with E-state index in [0.29, 0.717) is 0 Å². The van der Waals surface area contributed by atoms with Gasteiger partial charge in [-0.15, -0.1) is 0 Å². The minimum Gasteiger partial charge on any atom is -0.329 e. The second-order valence-corrected chi connectivity index (χ2v) is 5.48. The number of nitrogens with zero attached hydrogens (tertiary/aromatic N) is 1. The van der Waals surface area contributed by atoms with E-state index in [0.717, 1.165) is 18.5 Å². The van der Waals surface area contributed by atoms with Crippen molar-refractivity contribution in [2.75, 3.05) is 13.1 Å². The summed E-state index contributed by atoms with van der Waals surface area (Å²) in [5.74, 6) is 0.733. The highest BCUT2D eigenvalue weighted by atomic mass is 15.2. The third-order valence-electron chi connectivity index (χ3n) is 3.53. The zero-order chi connectivity index (χ0) is 10.8. The molecule has 0 bridgehead atoms. The molecule has 1 aliphatic heterocycles. The molecule has 2 unspecified atom stereocenters. The van der Waals surface area contributed by atoms with Gasteiger partial charge < -0.3 is 5.73 Å². The Hall–Kier alpha value is -0.0800. The highest BCUT2D eigenvalue weighted by molar-refractivity contribution is 4.93. The molecule has 0 radical (unpaired) electrons. The van der Waals surface area contributed by atoms with Gasteiger partial charge in [0, 0.05) is 18.1 Å². The monoisotopic (exact) mass is 198 g/mol. The minimum atomic E-state index is 0.226. The fraction of sp³-hybridized carbons (Fsp3) is 1.00. The minimum absolute atomic E-state index is 0.226. The zero-order valence-electron chi connectivity index (χ0n) is 10.2. The third-order valence-corrected chi connectivity index (χ3v) is 3.53. The maximum Gasteiger partial charge on any atom is 0.0308 e. The standard InChI is InChI=1S/C12H26N2/c1-10(2)8-12(4,9-13)14-7-5-6-11(14)3/h10-11H,5-9,13H2,1-4H3. The lowest BCUT2D eigenvalue weighted by Crippen LogP contribution is -2.53. The van der Waals surface area contributed by atoms with Gasteiger partial charge in [-0.2, -0.15) is 0 Å². The van der Waals surface area contributed by atoms with E-state index in [1.165, 1.54) is 25.8 Å². The summed E-state index contributed by atoms with van der Waals surface area (Å²) in [5, 5.41) is 0. The number of rotatable bonds is 4. The van der Waals surface area contributed by atoms with Gasteiger partial charge in [0.2, 0.25) is 0 Å². The fourth-order valence-corrected chi connectivity index (χ4v) is 2.93. The van der Waals surface area contributed by atoms with Crippen LogP contribution in [-0.2, 0) is 0 Å². The first-order valence-corrected chi connectivity index (χ1v) is 5.96. The summed E-state index contributed by atoms with van der Waals surface area (Å²) in [6.07, 6.45) is 3.90. The van der Waals surface area contributed by atoms with Crippen molar-refractivity contribution in [2.24, 2.45) is 11.7 Å². The molecule has 1 heterocycles. The molecule has 2 heteroatoms. The van der Waals surface area contributed by atoms with Crippen molar-refractivity contribution < 1.29 is 0 Å². The van der Waals surface area contributed by atoms with E-state index in [4.69, 9.17) is 5.73 Å². The summed E-state index contributed by atoms with van der Waals surface area (Å²) in [5.41, 5.74) is 6.18. The summed E-state index contributed by atoms with van der Waals surface area (Å²) < 4.78 is 0. The maximum absolute atomic E-state index is 5.96. The van der Waals surface area contributed by atoms with Crippen LogP contribution >= 0.6 is 0 Å². The molecule has 2 nitrogen and oxygen atoms in total. The van der Waals surface area contributed by atoms with Crippen LogP contribution < -0.4 is 5.73 Å². The molecule has 2 atom stereocenters. The summed E-state index contributed by atoms with van der Waals surface area (Å²) >= 11 is 0. The molecular weight excluding hydrogens is 172 g/mol. The first-order chi connectivity index (χ1) is 6.49. The zero-order valence-corrected chi connectivity index (χ0v) is 10.2. The summed E-state index contributed by atoms with van der Waals surface area (Å²) in [4.78, 5) is 2.62. The smallest absolute Gasteiger partial charge is 0.0308 e. The first kappa shape index (κ1) is 12.0. The summed E-state index contributed by atoms with van der Waals surface area (Å²) in [7, 11) is 0. The number of likely N-dealkylation sites (tertiary alicyclic amines) is 1. The van der Waals surface area contributed by atoms with Crippen LogP contribution in [0.3, 0.4) is 0 Å². The van der Waals surface area contributed by atoms with Crippen molar-refractivity contribution in [1.29, 1.82) is 0 Å². The molecular formula is C12H26N2. The highest BCUT2D eigenvalue weighted by Crippen LogP contribution is 2.30. The molecule has 0 saturated carbocycles. The quantitative estimate of drug-likeness (QED) is 0.750. The second-order valence-electron chi connectivity index (χ2n) is 5.48. The molecule has 0 aromatic heterocycles. The highest BCUT2D eigenvalue weighted by Gasteiger charge is 2.36. The Morgan fingerprint density at radius 3 is 2.50 bits per heavy atom. The Bertz CT molecular complexity index is 179. The average Bonchev–Trinajstić information content (AvgIpc) is 2.50. The fourth-order valence-electron chi connectivity index (χ4n) is 2.93. The van der Waals surface area contributed by atoms with Crippen LogP contribution in [0.5, 0.6) is 0 Å². The van der Waals surface area contributed by atoms with Gasteiger partial charge in [0.15, 0.2) is 0 Å². The van der Waals surface area contributed by atoms with Gasteiger partial charge in [-0.05, 0) is 45.6 Å². The summed E-state index contributed by atoms with van der Waals surface area (Å²) in [6.45, 7) is 11.3. The molecule has 1 saturated heterocycles. The Balaban J connectivity index is 2.67. The van der Waals surface area contributed by atoms with Crippen LogP contribution in [0, 0.1) is 5.92 Å². The van der Waals surface area contributed by atoms with Gasteiger partial charge in [-0.1, -0.05) is 13.8 Å². The van der Waals surface area contributed by atoms with E-state index in [-0.39, 0.29) is 5.54 Å². The third kappa shape index (κ3) is 2.48. The van der Waals surface area contributed by atoms with E-state index >= 15 is 0 Å². The largest absolute Gasteiger partial charge is 0.329 e. The molecule has 1 aliphatic rings. The van der Waals surface area contributed by atoms with E-state index in [1.807, 2.05) is 0 Å². The number of hydrogen-bond donors (Lipinski definition) is 1. The van der Waals surface area contributed by atoms with Crippen molar-refractivity contribution in [2.45, 2.75) is 58.5 Å². The Labute approximate surface area is 88.8 Å². The Kier molecular flexibility index (Phi) is 3.96. The predicted octanol–water partition coefficient (Wildman–Crippen LogP) is 2.23. The van der Waals surface area contributed by atoms with Crippen LogP contribution in [-0.4, -0.2) is 29.6 Å². The molecule has 0 aromatic rings. The molecule has 0 amide bonds. The van der Waals surface area contributed by atoms with Gasteiger partial charge in [-0.25, -0.2) is 0 Å². The van der Waals surface area contributed by atoms with Gasteiger partial charge in [0.25, 0.3) is 0 Å². The Morgan fingerprint density at radius 1 is 1.50 bits per heavy atom. The molecule has 0 aliphatic carbocycles. The molecule has 2 N–H and O–H groups in total. The topological polar surface area (TPSA) is 29.3 Å². The lowest BCUT2D eigenvalue weighted by atomic mass is 9.88. The lowest BCUT2D eigenvalue weighted by molar-refractivity contribution is 0.0829. The predicted molar refractivity (Wildman–Crippen MR) is 62.3 cm³/mol. The van der Waals surface area contributed by atoms with Crippen LogP contribution in [0.25, 0.3) is 0 Å². The summed E-state index contributed by atoms with van der Waals surface area (Å²) in [6, 6.07) is 0.724. The van der Waals surface area contributed by atoms with Gasteiger partial charge in [-0.3, -0.25) is 4.90 Å². The van der Waals surface area contributed by atoms with Gasteiger partial charge in [0.1, 0.15) is 0 Å². The van der Waals surface area contributed by atoms with Crippen LogP contribution in [0.4, 0.5) is 0 Å². The first-order valence-electron chi connectivity index (χ1n) is 5.96. The normalized spacial score (nSPS) is 28.3. The Morgan fingerprint density at radius 2 is 2.14 bits per heavy atom. The molecule has 0 aromatic carbocycles. The molecule has 84 valence electrons. The molecule has 14 heavy (non-hydrogen) atoms. The number of nitrogens with two attached hydrogens (primary N) is 1. The van der Waals surface area contributed by atoms with Gasteiger partial charge >= 0.3 is 0 Å². The lowest BCUT2D eigenvalue weighted by Gasteiger charge is -2.42. The van der Waals surface area contributed by atoms with Crippen molar-refractivity contribution >= 4 is 0 Å². The van der Waals surface area contributed by atoms with E-state index in [1.54, 1.807) is 0 Å². The van der Waals surface area contributed by atoms with Crippen molar-refractivity contribution in [3.63, 3.8) is 0 Å². The van der Waals surface area contributed by atoms with Crippen molar-refractivity contribution in [3.8, 4) is 0 Å². The van der Waals surface area contributed by atoms with Gasteiger partial charge in [0.05, 0.1) is 0 Å². The molecule has 1 rings (SSSR count). The average molecular weight is 198 g/mol. The molecule has 1 fully saturated rings. The van der Waals surface area contributed by atoms with Crippen LogP contribution in [0.15, 0.2) is 0 Å². The van der Waals surface area contributed by atoms with E-state index in [9.17, 15) is 0 Å². The van der Waals surface area contributed by atoms with E-state index < -0.39 is 0 Å². The SMILES string of the molecule is CC(C)CC(C)(CN)N1CCCC1C. The van der Waals surface area contributed by atoms with Crippen LogP contribution in [0.1, 0.15) is 47.0 Å². The molecule has 0 spiro atoms. The van der Waals surface area contributed by atoms with Crippen molar-refractivity contribution in [3.05, 3.63) is 0 Å². The number of hydrogen-bond acceptors (Lipinski definition) is 2. The van der Waals surface area contributed by atoms with Crippen LogP contribution in [0.2, 0.25) is 0 Å². The van der Waals surface area contributed by atoms with Crippen molar-refractivity contribution in [1.82, 2.24) is 4.90 Å². The van der Waals surface area contributed by atoms with E-state index in [2.05, 4.69) is 32.6 Å².